The molecule has 0 aliphatic carbocycles. The first kappa shape index (κ1) is 31.7. The van der Waals surface area contributed by atoms with E-state index in [0.29, 0.717) is 72.6 Å². The molecule has 1 atom stereocenters. The Balaban J connectivity index is 0.000000514. The maximum absolute atomic E-state index is 15.5. The SMILES string of the molecule is CC.CC1CCO1.Cc1ccc2nc(Cc3cc(F)c4cc3OCCCc3cc(ccc3C#N)COc3cccc-4n3)[nH]c2c1. The number of imidazole rings is 1. The van der Waals surface area contributed by atoms with Crippen LogP contribution in [0.1, 0.15) is 67.3 Å². The maximum Gasteiger partial charge on any atom is 0.214 e. The molecule has 0 spiro atoms. The smallest absolute Gasteiger partial charge is 0.214 e. The number of aryl methyl sites for hydroxylation is 2. The molecular weight excluding hydrogens is 567 g/mol. The van der Waals surface area contributed by atoms with Gasteiger partial charge in [-0.15, -0.1) is 0 Å². The second kappa shape index (κ2) is 14.8. The summed E-state index contributed by atoms with van der Waals surface area (Å²) in [5.41, 5.74) is 6.99. The number of pyridine rings is 1. The van der Waals surface area contributed by atoms with Crippen molar-refractivity contribution in [3.63, 3.8) is 0 Å². The number of hydrogen-bond donors (Lipinski definition) is 1. The standard InChI is InChI=1S/C31H25FN4O2.C4H8O.C2H6/c1-19-7-10-27-28(12-19)35-30(34-27)15-23-14-25(32)24-16-29(23)37-11-3-4-21-13-20(8-9-22(21)17-33)18-38-31-6-2-5-26(24)36-31;1-4-2-3-5-4;1-2/h2,5-10,12-14,16H,3-4,11,15,18H2,1H3,(H,34,35);4H,2-3H2,1H3;1-2H3. The van der Waals surface area contributed by atoms with E-state index in [1.807, 2.05) is 57.2 Å². The lowest BCUT2D eigenvalue weighted by molar-refractivity contribution is -0.0375. The van der Waals surface area contributed by atoms with Crippen LogP contribution in [0.15, 0.2) is 66.7 Å². The van der Waals surface area contributed by atoms with Gasteiger partial charge < -0.3 is 19.2 Å². The number of fused-ring (bicyclic) bond motifs is 8. The molecule has 4 heterocycles. The van der Waals surface area contributed by atoms with Crippen LogP contribution in [0.4, 0.5) is 4.39 Å². The Morgan fingerprint density at radius 3 is 2.58 bits per heavy atom. The molecule has 8 heteroatoms. The molecule has 5 aromatic rings. The van der Waals surface area contributed by atoms with Gasteiger partial charge in [0.2, 0.25) is 5.88 Å². The minimum absolute atomic E-state index is 0.301. The molecule has 2 aliphatic heterocycles. The summed E-state index contributed by atoms with van der Waals surface area (Å²) in [5, 5.41) is 9.56. The Kier molecular flexibility index (Phi) is 10.4. The number of benzene rings is 3. The van der Waals surface area contributed by atoms with E-state index in [1.54, 1.807) is 24.3 Å². The highest BCUT2D eigenvalue weighted by Gasteiger charge is 2.17. The Morgan fingerprint density at radius 2 is 1.82 bits per heavy atom. The highest BCUT2D eigenvalue weighted by atomic mass is 19.1. The van der Waals surface area contributed by atoms with Crippen LogP contribution < -0.4 is 9.47 Å². The van der Waals surface area contributed by atoms with Crippen LogP contribution in [0, 0.1) is 24.1 Å². The Labute approximate surface area is 264 Å². The van der Waals surface area contributed by atoms with Crippen molar-refractivity contribution in [2.45, 2.75) is 66.1 Å². The number of nitrogens with one attached hydrogen (secondary N) is 1. The zero-order valence-corrected chi connectivity index (χ0v) is 26.3. The predicted molar refractivity (Wildman–Crippen MR) is 174 cm³/mol. The molecular formula is C37H39FN4O3. The topological polar surface area (TPSA) is 93.1 Å². The average molecular weight is 607 g/mol. The molecule has 2 aliphatic rings. The summed E-state index contributed by atoms with van der Waals surface area (Å²) >= 11 is 0. The van der Waals surface area contributed by atoms with Crippen molar-refractivity contribution >= 4 is 11.0 Å². The van der Waals surface area contributed by atoms with Gasteiger partial charge in [0.25, 0.3) is 0 Å². The summed E-state index contributed by atoms with van der Waals surface area (Å²) in [6.45, 7) is 9.82. The van der Waals surface area contributed by atoms with E-state index in [2.05, 4.69) is 23.0 Å². The lowest BCUT2D eigenvalue weighted by Gasteiger charge is -2.20. The number of rotatable bonds is 2. The highest BCUT2D eigenvalue weighted by Crippen LogP contribution is 2.32. The van der Waals surface area contributed by atoms with Crippen LogP contribution in [0.2, 0.25) is 0 Å². The number of nitriles is 1. The zero-order chi connectivity index (χ0) is 31.8. The summed E-state index contributed by atoms with van der Waals surface area (Å²) < 4.78 is 32.6. The summed E-state index contributed by atoms with van der Waals surface area (Å²) in [6, 6.07) is 22.5. The number of H-pyrrole nitrogens is 1. The number of aromatic nitrogens is 3. The Bertz CT molecular complexity index is 1810. The van der Waals surface area contributed by atoms with E-state index in [1.165, 1.54) is 12.5 Å². The van der Waals surface area contributed by atoms with Gasteiger partial charge >= 0.3 is 0 Å². The number of halogens is 1. The third-order valence-electron chi connectivity index (χ3n) is 7.65. The number of nitrogens with zero attached hydrogens (tertiary/aromatic N) is 3. The van der Waals surface area contributed by atoms with Gasteiger partial charge in [0, 0.05) is 30.2 Å². The summed E-state index contributed by atoms with van der Waals surface area (Å²) in [4.78, 5) is 12.6. The van der Waals surface area contributed by atoms with Gasteiger partial charge in [0.05, 0.1) is 41.1 Å². The molecule has 0 amide bonds. The van der Waals surface area contributed by atoms with Gasteiger partial charge in [0.15, 0.2) is 0 Å². The lowest BCUT2D eigenvalue weighted by atomic mass is 10.0. The average Bonchev–Trinajstić information content (AvgIpc) is 3.44. The fraction of sp³-hybridized carbons (Fsp3) is 0.324. The van der Waals surface area contributed by atoms with Crippen LogP contribution in [0.25, 0.3) is 22.3 Å². The van der Waals surface area contributed by atoms with Crippen molar-refractivity contribution in [1.29, 1.82) is 5.26 Å². The molecule has 1 N–H and O–H groups in total. The van der Waals surface area contributed by atoms with E-state index in [4.69, 9.17) is 19.2 Å². The van der Waals surface area contributed by atoms with Crippen molar-refractivity contribution in [2.24, 2.45) is 0 Å². The molecule has 2 aromatic heterocycles. The third kappa shape index (κ3) is 7.86. The van der Waals surface area contributed by atoms with E-state index in [-0.39, 0.29) is 0 Å². The van der Waals surface area contributed by atoms with Crippen LogP contribution >= 0.6 is 0 Å². The molecule has 6 bridgehead atoms. The molecule has 7 nitrogen and oxygen atoms in total. The number of ether oxygens (including phenoxy) is 3. The maximum atomic E-state index is 15.5. The molecule has 232 valence electrons. The van der Waals surface area contributed by atoms with Crippen LogP contribution in [-0.2, 0) is 24.2 Å². The van der Waals surface area contributed by atoms with Gasteiger partial charge in [-0.1, -0.05) is 38.1 Å². The Morgan fingerprint density at radius 1 is 1.00 bits per heavy atom. The highest BCUT2D eigenvalue weighted by molar-refractivity contribution is 5.76. The lowest BCUT2D eigenvalue weighted by Crippen LogP contribution is -2.22. The summed E-state index contributed by atoms with van der Waals surface area (Å²) in [5.74, 6) is 1.32. The minimum Gasteiger partial charge on any atom is -0.493 e. The molecule has 45 heavy (non-hydrogen) atoms. The fourth-order valence-electron chi connectivity index (χ4n) is 5.16. The first-order valence-electron chi connectivity index (χ1n) is 15.6. The van der Waals surface area contributed by atoms with Crippen molar-refractivity contribution < 1.29 is 18.6 Å². The molecule has 1 fully saturated rings. The Hall–Kier alpha value is -4.74. The van der Waals surface area contributed by atoms with Crippen LogP contribution in [0.3, 0.4) is 0 Å². The quantitative estimate of drug-likeness (QED) is 0.217. The summed E-state index contributed by atoms with van der Waals surface area (Å²) in [6.07, 6.45) is 3.59. The third-order valence-corrected chi connectivity index (χ3v) is 7.65. The van der Waals surface area contributed by atoms with Gasteiger partial charge in [-0.05, 0) is 86.2 Å². The van der Waals surface area contributed by atoms with Crippen LogP contribution in [0.5, 0.6) is 11.6 Å². The number of aromatic amines is 1. The molecule has 0 radical (unpaired) electrons. The van der Waals surface area contributed by atoms with Gasteiger partial charge in [-0.2, -0.15) is 5.26 Å². The predicted octanol–water partition coefficient (Wildman–Crippen LogP) is 8.26. The van der Waals surface area contributed by atoms with E-state index < -0.39 is 5.82 Å². The minimum atomic E-state index is -0.390. The second-order valence-corrected chi connectivity index (χ2v) is 11.0. The van der Waals surface area contributed by atoms with Gasteiger partial charge in [-0.3, -0.25) is 0 Å². The van der Waals surface area contributed by atoms with Gasteiger partial charge in [0.1, 0.15) is 24.0 Å². The molecule has 0 saturated carbocycles. The van der Waals surface area contributed by atoms with Gasteiger partial charge in [-0.25, -0.2) is 14.4 Å². The van der Waals surface area contributed by atoms with Crippen molar-refractivity contribution in [3.05, 3.63) is 106 Å². The summed E-state index contributed by atoms with van der Waals surface area (Å²) in [7, 11) is 0. The molecule has 3 aromatic carbocycles. The first-order chi connectivity index (χ1) is 21.9. The fourth-order valence-corrected chi connectivity index (χ4v) is 5.16. The zero-order valence-electron chi connectivity index (χ0n) is 26.3. The molecule has 1 saturated heterocycles. The normalized spacial score (nSPS) is 15.2. The van der Waals surface area contributed by atoms with Crippen LogP contribution in [-0.4, -0.2) is 34.3 Å². The largest absolute Gasteiger partial charge is 0.493 e. The van der Waals surface area contributed by atoms with Crippen molar-refractivity contribution in [2.75, 3.05) is 13.2 Å². The van der Waals surface area contributed by atoms with E-state index in [9.17, 15) is 5.26 Å². The number of hydrogen-bond acceptors (Lipinski definition) is 6. The molecule has 1 unspecified atom stereocenters. The molecule has 7 rings (SSSR count). The van der Waals surface area contributed by atoms with Crippen molar-refractivity contribution in [3.8, 4) is 29.0 Å². The first-order valence-corrected chi connectivity index (χ1v) is 15.6. The second-order valence-electron chi connectivity index (χ2n) is 11.0. The monoisotopic (exact) mass is 606 g/mol. The van der Waals surface area contributed by atoms with E-state index >= 15 is 4.39 Å². The van der Waals surface area contributed by atoms with Crippen molar-refractivity contribution in [1.82, 2.24) is 15.0 Å². The van der Waals surface area contributed by atoms with E-state index in [0.717, 1.165) is 40.2 Å².